The summed E-state index contributed by atoms with van der Waals surface area (Å²) in [6.07, 6.45) is 1.57. The van der Waals surface area contributed by atoms with E-state index in [0.717, 1.165) is 12.8 Å². The number of carbonyl (C=O) groups excluding carboxylic acids is 1. The van der Waals surface area contributed by atoms with Crippen LogP contribution in [0.15, 0.2) is 35.2 Å². The molecule has 0 aliphatic carbocycles. The fourth-order valence-electron chi connectivity index (χ4n) is 2.59. The molecule has 1 saturated heterocycles. The van der Waals surface area contributed by atoms with E-state index in [-0.39, 0.29) is 24.3 Å². The first-order valence-corrected chi connectivity index (χ1v) is 8.85. The molecule has 1 unspecified atom stereocenters. The molecule has 1 aromatic rings. The zero-order chi connectivity index (χ0) is 15.3. The molecule has 1 heterocycles. The van der Waals surface area contributed by atoms with Crippen molar-refractivity contribution in [3.8, 4) is 0 Å². The smallest absolute Gasteiger partial charge is 0.248 e. The summed E-state index contributed by atoms with van der Waals surface area (Å²) in [4.78, 5) is 14.0. The van der Waals surface area contributed by atoms with Gasteiger partial charge in [-0.1, -0.05) is 18.2 Å². The molecule has 1 atom stereocenters. The lowest BCUT2D eigenvalue weighted by Gasteiger charge is -2.24. The Kier molecular flexibility index (Phi) is 5.36. The quantitative estimate of drug-likeness (QED) is 0.798. The summed E-state index contributed by atoms with van der Waals surface area (Å²) in [5.74, 6) is -0.142. The number of amides is 1. The van der Waals surface area contributed by atoms with Crippen LogP contribution in [0.5, 0.6) is 0 Å². The van der Waals surface area contributed by atoms with Crippen LogP contribution in [0.3, 0.4) is 0 Å². The van der Waals surface area contributed by atoms with Gasteiger partial charge in [0.1, 0.15) is 6.61 Å². The van der Waals surface area contributed by atoms with Crippen LogP contribution in [0.2, 0.25) is 0 Å². The van der Waals surface area contributed by atoms with Crippen molar-refractivity contribution >= 4 is 15.7 Å². The summed E-state index contributed by atoms with van der Waals surface area (Å²) in [6, 6.07) is 8.14. The van der Waals surface area contributed by atoms with Gasteiger partial charge >= 0.3 is 0 Å². The monoisotopic (exact) mass is 311 g/mol. The summed E-state index contributed by atoms with van der Waals surface area (Å²) in [6.45, 7) is 2.94. The molecule has 0 aromatic heterocycles. The van der Waals surface area contributed by atoms with Gasteiger partial charge in [0.2, 0.25) is 5.91 Å². The van der Waals surface area contributed by atoms with Gasteiger partial charge in [-0.15, -0.1) is 0 Å². The van der Waals surface area contributed by atoms with Crippen molar-refractivity contribution in [1.29, 1.82) is 0 Å². The van der Waals surface area contributed by atoms with Gasteiger partial charge < -0.3 is 9.64 Å². The fraction of sp³-hybridized carbons (Fsp3) is 0.533. The summed E-state index contributed by atoms with van der Waals surface area (Å²) in [7, 11) is -3.37. The Balaban J connectivity index is 2.06. The predicted molar refractivity (Wildman–Crippen MR) is 79.7 cm³/mol. The third-order valence-corrected chi connectivity index (χ3v) is 5.46. The predicted octanol–water partition coefficient (Wildman–Crippen LogP) is 1.49. The molecule has 0 radical (unpaired) electrons. The first-order chi connectivity index (χ1) is 10.0. The fourth-order valence-corrected chi connectivity index (χ4v) is 4.20. The minimum absolute atomic E-state index is 0.0190. The highest BCUT2D eigenvalue weighted by Gasteiger charge is 2.32. The molecule has 1 aliphatic heterocycles. The lowest BCUT2D eigenvalue weighted by atomic mass is 10.2. The van der Waals surface area contributed by atoms with Crippen molar-refractivity contribution in [2.75, 3.05) is 25.5 Å². The van der Waals surface area contributed by atoms with Crippen LogP contribution in [0.25, 0.3) is 0 Å². The van der Waals surface area contributed by atoms with Crippen molar-refractivity contribution in [3.63, 3.8) is 0 Å². The Morgan fingerprint density at radius 2 is 2.05 bits per heavy atom. The second kappa shape index (κ2) is 7.04. The van der Waals surface area contributed by atoms with Gasteiger partial charge in [-0.05, 0) is 31.9 Å². The lowest BCUT2D eigenvalue weighted by Crippen LogP contribution is -2.41. The van der Waals surface area contributed by atoms with E-state index in [1.807, 2.05) is 6.92 Å². The summed E-state index contributed by atoms with van der Waals surface area (Å²) < 4.78 is 29.9. The molecular formula is C15H21NO4S. The van der Waals surface area contributed by atoms with E-state index in [4.69, 9.17) is 4.74 Å². The molecule has 1 aliphatic rings. The van der Waals surface area contributed by atoms with Crippen molar-refractivity contribution in [2.45, 2.75) is 30.7 Å². The number of hydrogen-bond donors (Lipinski definition) is 0. The van der Waals surface area contributed by atoms with E-state index in [1.165, 1.54) is 0 Å². The molecular weight excluding hydrogens is 290 g/mol. The molecule has 116 valence electrons. The van der Waals surface area contributed by atoms with E-state index < -0.39 is 9.84 Å². The van der Waals surface area contributed by atoms with Gasteiger partial charge in [0.15, 0.2) is 9.84 Å². The van der Waals surface area contributed by atoms with E-state index in [0.29, 0.717) is 18.0 Å². The van der Waals surface area contributed by atoms with Crippen molar-refractivity contribution in [2.24, 2.45) is 0 Å². The molecule has 1 aromatic carbocycles. The van der Waals surface area contributed by atoms with Gasteiger partial charge in [0.25, 0.3) is 0 Å². The highest BCUT2D eigenvalue weighted by atomic mass is 32.2. The standard InChI is InChI=1S/C15H21NO4S/c1-2-20-11-15(17)16-10-6-7-13(16)12-21(18,19)14-8-4-3-5-9-14/h3-5,8-9,13H,2,6-7,10-12H2,1H3. The Labute approximate surface area is 125 Å². The molecule has 21 heavy (non-hydrogen) atoms. The number of sulfone groups is 1. The van der Waals surface area contributed by atoms with E-state index in [1.54, 1.807) is 35.2 Å². The van der Waals surface area contributed by atoms with E-state index in [9.17, 15) is 13.2 Å². The van der Waals surface area contributed by atoms with Gasteiger partial charge in [-0.3, -0.25) is 4.79 Å². The van der Waals surface area contributed by atoms with Gasteiger partial charge in [-0.25, -0.2) is 8.42 Å². The largest absolute Gasteiger partial charge is 0.372 e. The van der Waals surface area contributed by atoms with Crippen LogP contribution in [-0.4, -0.2) is 50.8 Å². The normalized spacial score (nSPS) is 18.9. The van der Waals surface area contributed by atoms with Crippen LogP contribution in [0, 0.1) is 0 Å². The molecule has 6 heteroatoms. The van der Waals surface area contributed by atoms with Crippen LogP contribution in [-0.2, 0) is 19.4 Å². The molecule has 1 amide bonds. The van der Waals surface area contributed by atoms with Crippen LogP contribution in [0.1, 0.15) is 19.8 Å². The average molecular weight is 311 g/mol. The molecule has 1 fully saturated rings. The summed E-state index contributed by atoms with van der Waals surface area (Å²) in [5, 5.41) is 0. The number of benzene rings is 1. The Bertz CT molecular complexity index is 571. The minimum atomic E-state index is -3.37. The van der Waals surface area contributed by atoms with Gasteiger partial charge in [0.05, 0.1) is 10.6 Å². The molecule has 0 bridgehead atoms. The van der Waals surface area contributed by atoms with Crippen LogP contribution >= 0.6 is 0 Å². The summed E-state index contributed by atoms with van der Waals surface area (Å²) >= 11 is 0. The zero-order valence-corrected chi connectivity index (χ0v) is 13.0. The third-order valence-electron chi connectivity index (χ3n) is 3.64. The number of ether oxygens (including phenoxy) is 1. The topological polar surface area (TPSA) is 63.7 Å². The second-order valence-corrected chi connectivity index (χ2v) is 7.15. The number of carbonyl (C=O) groups is 1. The number of likely N-dealkylation sites (tertiary alicyclic amines) is 1. The van der Waals surface area contributed by atoms with E-state index in [2.05, 4.69) is 0 Å². The maximum atomic E-state index is 12.4. The highest BCUT2D eigenvalue weighted by Crippen LogP contribution is 2.22. The third kappa shape index (κ3) is 4.04. The average Bonchev–Trinajstić information content (AvgIpc) is 2.93. The van der Waals surface area contributed by atoms with Gasteiger partial charge in [0, 0.05) is 19.2 Å². The molecule has 2 rings (SSSR count). The molecule has 5 nitrogen and oxygen atoms in total. The molecule has 0 N–H and O–H groups in total. The van der Waals surface area contributed by atoms with Crippen molar-refractivity contribution in [1.82, 2.24) is 4.90 Å². The SMILES string of the molecule is CCOCC(=O)N1CCCC1CS(=O)(=O)c1ccccc1. The number of hydrogen-bond acceptors (Lipinski definition) is 4. The number of rotatable bonds is 6. The zero-order valence-electron chi connectivity index (χ0n) is 12.2. The summed E-state index contributed by atoms with van der Waals surface area (Å²) in [5.41, 5.74) is 0. The second-order valence-electron chi connectivity index (χ2n) is 5.11. The maximum absolute atomic E-state index is 12.4. The van der Waals surface area contributed by atoms with Crippen molar-refractivity contribution < 1.29 is 17.9 Å². The Morgan fingerprint density at radius 1 is 1.33 bits per heavy atom. The van der Waals surface area contributed by atoms with Crippen LogP contribution < -0.4 is 0 Å². The molecule has 0 spiro atoms. The Hall–Kier alpha value is -1.40. The Morgan fingerprint density at radius 3 is 2.71 bits per heavy atom. The first kappa shape index (κ1) is 16.0. The molecule has 0 saturated carbocycles. The first-order valence-electron chi connectivity index (χ1n) is 7.19. The van der Waals surface area contributed by atoms with Crippen LogP contribution in [0.4, 0.5) is 0 Å². The highest BCUT2D eigenvalue weighted by molar-refractivity contribution is 7.91. The van der Waals surface area contributed by atoms with E-state index >= 15 is 0 Å². The minimum Gasteiger partial charge on any atom is -0.372 e. The van der Waals surface area contributed by atoms with Crippen molar-refractivity contribution in [3.05, 3.63) is 30.3 Å². The lowest BCUT2D eigenvalue weighted by molar-refractivity contribution is -0.136. The number of nitrogens with zero attached hydrogens (tertiary/aromatic N) is 1. The maximum Gasteiger partial charge on any atom is 0.248 e. The van der Waals surface area contributed by atoms with Gasteiger partial charge in [-0.2, -0.15) is 0 Å².